The maximum atomic E-state index is 14.1. The molecule has 0 saturated heterocycles. The Labute approximate surface area is 208 Å². The van der Waals surface area contributed by atoms with Gasteiger partial charge in [-0.2, -0.15) is 0 Å². The Morgan fingerprint density at radius 1 is 0.941 bits per heavy atom. The van der Waals surface area contributed by atoms with Gasteiger partial charge in [-0.3, -0.25) is 4.79 Å². The van der Waals surface area contributed by atoms with Gasteiger partial charge in [0.05, 0.1) is 5.69 Å². The average molecular weight is 484 g/mol. The van der Waals surface area contributed by atoms with Gasteiger partial charge in [0.25, 0.3) is 0 Å². The van der Waals surface area contributed by atoms with Crippen molar-refractivity contribution in [3.8, 4) is 0 Å². The van der Waals surface area contributed by atoms with Gasteiger partial charge in [0.15, 0.2) is 0 Å². The molecule has 5 rings (SSSR count). The van der Waals surface area contributed by atoms with Crippen LogP contribution in [0.2, 0.25) is 0 Å². The molecular formula is C29H41NO3S. The maximum Gasteiger partial charge on any atom is 0.348 e. The van der Waals surface area contributed by atoms with E-state index in [1.54, 1.807) is 0 Å². The molecule has 1 aromatic rings. The van der Waals surface area contributed by atoms with Crippen LogP contribution in [0.4, 0.5) is 5.69 Å². The summed E-state index contributed by atoms with van der Waals surface area (Å²) < 4.78 is 0. The maximum absolute atomic E-state index is 14.1. The Kier molecular flexibility index (Phi) is 7.48. The monoisotopic (exact) mass is 483 g/mol. The summed E-state index contributed by atoms with van der Waals surface area (Å²) in [6.45, 7) is 2.29. The van der Waals surface area contributed by atoms with Crippen molar-refractivity contribution in [3.63, 3.8) is 0 Å². The first kappa shape index (κ1) is 24.1. The molecule has 34 heavy (non-hydrogen) atoms. The van der Waals surface area contributed by atoms with Crippen LogP contribution in [0.3, 0.4) is 0 Å². The summed E-state index contributed by atoms with van der Waals surface area (Å²) in [4.78, 5) is 30.0. The van der Waals surface area contributed by atoms with Crippen LogP contribution in [0.15, 0.2) is 12.1 Å². The molecule has 1 aromatic heterocycles. The van der Waals surface area contributed by atoms with Crippen LogP contribution in [0.5, 0.6) is 0 Å². The molecular weight excluding hydrogens is 442 g/mol. The Bertz CT molecular complexity index is 926. The zero-order chi connectivity index (χ0) is 23.7. The predicted molar refractivity (Wildman–Crippen MR) is 139 cm³/mol. The number of allylic oxidation sites excluding steroid dienone is 2. The van der Waals surface area contributed by atoms with E-state index >= 15 is 0 Å². The van der Waals surface area contributed by atoms with Gasteiger partial charge >= 0.3 is 5.97 Å². The number of carboxylic acids is 1. The number of carboxylic acid groups (broad SMARTS) is 1. The number of carbonyl (C=O) groups excluding carboxylic acids is 1. The van der Waals surface area contributed by atoms with Gasteiger partial charge in [-0.15, -0.1) is 11.3 Å². The number of hydrogen-bond donors (Lipinski definition) is 1. The molecule has 186 valence electrons. The highest BCUT2D eigenvalue weighted by molar-refractivity contribution is 7.15. The molecule has 0 bridgehead atoms. The second kappa shape index (κ2) is 10.6. The highest BCUT2D eigenvalue weighted by Crippen LogP contribution is 2.46. The van der Waals surface area contributed by atoms with Crippen LogP contribution in [0.1, 0.15) is 118 Å². The summed E-state index contributed by atoms with van der Waals surface area (Å²) in [5.74, 6) is 1.55. The third-order valence-electron chi connectivity index (χ3n) is 9.25. The van der Waals surface area contributed by atoms with E-state index < -0.39 is 5.97 Å². The van der Waals surface area contributed by atoms with E-state index in [4.69, 9.17) is 0 Å². The molecule has 5 heteroatoms. The highest BCUT2D eigenvalue weighted by atomic mass is 32.1. The van der Waals surface area contributed by atoms with Crippen LogP contribution in [0.25, 0.3) is 5.57 Å². The molecule has 0 aromatic carbocycles. The van der Waals surface area contributed by atoms with E-state index in [0.29, 0.717) is 22.4 Å². The lowest BCUT2D eigenvalue weighted by Crippen LogP contribution is -2.48. The van der Waals surface area contributed by atoms with E-state index in [1.807, 2.05) is 4.90 Å². The molecule has 1 heterocycles. The van der Waals surface area contributed by atoms with Crippen LogP contribution < -0.4 is 4.90 Å². The third kappa shape index (κ3) is 5.01. The summed E-state index contributed by atoms with van der Waals surface area (Å²) in [5.41, 5.74) is 1.97. The molecule has 4 aliphatic carbocycles. The first-order valence-electron chi connectivity index (χ1n) is 13.9. The Hall–Kier alpha value is -1.62. The number of fused-ring (bicyclic) bond motifs is 1. The fourth-order valence-electron chi connectivity index (χ4n) is 7.22. The Morgan fingerprint density at radius 3 is 2.41 bits per heavy atom. The number of amides is 1. The number of anilines is 1. The van der Waals surface area contributed by atoms with Gasteiger partial charge in [-0.1, -0.05) is 38.7 Å². The van der Waals surface area contributed by atoms with Crippen molar-refractivity contribution in [2.75, 3.05) is 4.90 Å². The van der Waals surface area contributed by atoms with E-state index in [0.717, 1.165) is 68.6 Å². The first-order chi connectivity index (χ1) is 16.5. The van der Waals surface area contributed by atoms with Gasteiger partial charge in [-0.05, 0) is 100 Å². The van der Waals surface area contributed by atoms with E-state index in [2.05, 4.69) is 19.1 Å². The van der Waals surface area contributed by atoms with Crippen LogP contribution in [-0.2, 0) is 4.79 Å². The third-order valence-corrected chi connectivity index (χ3v) is 10.4. The number of aromatic carboxylic acids is 1. The lowest BCUT2D eigenvalue weighted by molar-refractivity contribution is -0.124. The van der Waals surface area contributed by atoms with E-state index in [1.165, 1.54) is 55.4 Å². The Balaban J connectivity index is 1.50. The second-order valence-electron chi connectivity index (χ2n) is 11.5. The smallest absolute Gasteiger partial charge is 0.348 e. The zero-order valence-corrected chi connectivity index (χ0v) is 21.6. The number of carbonyl (C=O) groups is 2. The molecule has 0 spiro atoms. The molecule has 3 unspecified atom stereocenters. The molecule has 0 aliphatic heterocycles. The van der Waals surface area contributed by atoms with Gasteiger partial charge in [0.2, 0.25) is 5.91 Å². The summed E-state index contributed by atoms with van der Waals surface area (Å²) in [6, 6.07) is 2.22. The standard InChI is InChI=1S/C29H41NO3S/c1-19-11-13-22(14-12-19)28(31)30(24-16-15-20-7-5-6-10-23(20)17-24)25-18-26(34-27(25)29(32)33)21-8-3-2-4-9-21/h8,18-20,22-24H,2-7,9-17H2,1H3,(H,32,33). The quantitative estimate of drug-likeness (QED) is 0.463. The molecule has 4 nitrogen and oxygen atoms in total. The van der Waals surface area contributed by atoms with Crippen LogP contribution in [0, 0.1) is 23.7 Å². The minimum atomic E-state index is -0.885. The van der Waals surface area contributed by atoms with Crippen molar-refractivity contribution in [1.82, 2.24) is 0 Å². The van der Waals surface area contributed by atoms with Gasteiger partial charge < -0.3 is 10.0 Å². The molecule has 1 N–H and O–H groups in total. The number of thiophene rings is 1. The largest absolute Gasteiger partial charge is 0.477 e. The summed E-state index contributed by atoms with van der Waals surface area (Å²) >= 11 is 1.39. The minimum Gasteiger partial charge on any atom is -0.477 e. The first-order valence-corrected chi connectivity index (χ1v) is 14.7. The second-order valence-corrected chi connectivity index (χ2v) is 12.6. The van der Waals surface area contributed by atoms with Crippen molar-refractivity contribution in [3.05, 3.63) is 21.9 Å². The van der Waals surface area contributed by atoms with Crippen molar-refractivity contribution >= 4 is 34.5 Å². The molecule has 3 atom stereocenters. The zero-order valence-electron chi connectivity index (χ0n) is 20.8. The molecule has 0 radical (unpaired) electrons. The van der Waals surface area contributed by atoms with Crippen molar-refractivity contribution < 1.29 is 14.7 Å². The highest BCUT2D eigenvalue weighted by Gasteiger charge is 2.40. The lowest BCUT2D eigenvalue weighted by Gasteiger charge is -2.44. The molecule has 3 fully saturated rings. The van der Waals surface area contributed by atoms with Crippen molar-refractivity contribution in [2.45, 2.75) is 109 Å². The average Bonchev–Trinajstić information content (AvgIpc) is 3.30. The van der Waals surface area contributed by atoms with E-state index in [9.17, 15) is 14.7 Å². The molecule has 3 saturated carbocycles. The van der Waals surface area contributed by atoms with E-state index in [-0.39, 0.29) is 17.9 Å². The molecule has 1 amide bonds. The fourth-order valence-corrected chi connectivity index (χ4v) is 8.27. The van der Waals surface area contributed by atoms with Crippen molar-refractivity contribution in [2.24, 2.45) is 23.7 Å². The number of hydrogen-bond acceptors (Lipinski definition) is 3. The SMILES string of the molecule is CC1CCC(C(=O)N(c2cc(C3=CCCCC3)sc2C(=O)O)C2CCC3CCCCC3C2)CC1. The van der Waals surface area contributed by atoms with Crippen LogP contribution in [-0.4, -0.2) is 23.0 Å². The Morgan fingerprint density at radius 2 is 1.71 bits per heavy atom. The van der Waals surface area contributed by atoms with Crippen molar-refractivity contribution in [1.29, 1.82) is 0 Å². The van der Waals surface area contributed by atoms with Gasteiger partial charge in [0, 0.05) is 16.8 Å². The summed E-state index contributed by atoms with van der Waals surface area (Å²) in [6.07, 6.45) is 19.4. The summed E-state index contributed by atoms with van der Waals surface area (Å²) in [7, 11) is 0. The topological polar surface area (TPSA) is 57.6 Å². The summed E-state index contributed by atoms with van der Waals surface area (Å²) in [5, 5.41) is 10.2. The van der Waals surface area contributed by atoms with Gasteiger partial charge in [0.1, 0.15) is 4.88 Å². The minimum absolute atomic E-state index is 0.0409. The predicted octanol–water partition coefficient (Wildman–Crippen LogP) is 7.92. The molecule has 4 aliphatic rings. The number of nitrogens with zero attached hydrogens (tertiary/aromatic N) is 1. The lowest BCUT2D eigenvalue weighted by atomic mass is 9.69. The van der Waals surface area contributed by atoms with Gasteiger partial charge in [-0.25, -0.2) is 4.79 Å². The fraction of sp³-hybridized carbons (Fsp3) is 0.724. The van der Waals surface area contributed by atoms with Crippen LogP contribution >= 0.6 is 11.3 Å². The normalized spacial score (nSPS) is 31.9. The number of rotatable bonds is 5.